The molecule has 3 aliphatic rings. The molecule has 0 aromatic carbocycles. The standard InChI is InChI=1S/C24H25FN6/c1-13-5-20(28-31-7-14(2)26-23(13)31)16-6-19(25)24-27-21(12-30(24)9-16)22-17-10-29(11-18(17)22)8-15-3-4-15/h5-7,9,12,15,17-18,22H,3-4,8,10-11H2,1-2H3/t17-,18+,22?. The van der Waals surface area contributed by atoms with Crippen molar-refractivity contribution in [1.29, 1.82) is 0 Å². The molecular weight excluding hydrogens is 391 g/mol. The van der Waals surface area contributed by atoms with Gasteiger partial charge >= 0.3 is 0 Å². The van der Waals surface area contributed by atoms with Gasteiger partial charge in [-0.3, -0.25) is 0 Å². The molecular formula is C24H25FN6. The number of fused-ring (bicyclic) bond motifs is 3. The van der Waals surface area contributed by atoms with Gasteiger partial charge in [0.1, 0.15) is 0 Å². The van der Waals surface area contributed by atoms with E-state index in [-0.39, 0.29) is 5.82 Å². The molecule has 5 heterocycles. The number of imidazole rings is 2. The third-order valence-corrected chi connectivity index (χ3v) is 7.37. The number of pyridine rings is 1. The van der Waals surface area contributed by atoms with Crippen LogP contribution in [0.5, 0.6) is 0 Å². The Labute approximate surface area is 179 Å². The minimum absolute atomic E-state index is 0.300. The topological polar surface area (TPSA) is 50.7 Å². The van der Waals surface area contributed by atoms with Crippen LogP contribution in [0, 0.1) is 37.4 Å². The largest absolute Gasteiger partial charge is 0.304 e. The van der Waals surface area contributed by atoms with Crippen molar-refractivity contribution in [3.63, 3.8) is 0 Å². The average Bonchev–Trinajstić information content (AvgIpc) is 3.48. The highest BCUT2D eigenvalue weighted by atomic mass is 19.1. The number of likely N-dealkylation sites (tertiary alicyclic amines) is 1. The molecule has 0 radical (unpaired) electrons. The number of hydrogen-bond acceptors (Lipinski definition) is 4. The molecule has 2 aliphatic carbocycles. The Morgan fingerprint density at radius 1 is 1.00 bits per heavy atom. The zero-order chi connectivity index (χ0) is 20.9. The maximum atomic E-state index is 15.0. The van der Waals surface area contributed by atoms with Crippen molar-refractivity contribution in [2.45, 2.75) is 32.6 Å². The predicted molar refractivity (Wildman–Crippen MR) is 115 cm³/mol. The van der Waals surface area contributed by atoms with Crippen molar-refractivity contribution in [2.75, 3.05) is 19.6 Å². The van der Waals surface area contributed by atoms with E-state index in [9.17, 15) is 0 Å². The van der Waals surface area contributed by atoms with Crippen molar-refractivity contribution >= 4 is 11.3 Å². The molecule has 1 saturated heterocycles. The van der Waals surface area contributed by atoms with Gasteiger partial charge in [0, 0.05) is 43.5 Å². The lowest BCUT2D eigenvalue weighted by Gasteiger charge is -2.18. The third kappa shape index (κ3) is 2.82. The Balaban J connectivity index is 1.20. The summed E-state index contributed by atoms with van der Waals surface area (Å²) in [6, 6.07) is 3.52. The highest BCUT2D eigenvalue weighted by molar-refractivity contribution is 5.64. The first-order valence-electron chi connectivity index (χ1n) is 11.3. The van der Waals surface area contributed by atoms with Gasteiger partial charge in [0.25, 0.3) is 0 Å². The number of aromatic nitrogens is 5. The van der Waals surface area contributed by atoms with Crippen LogP contribution in [0.4, 0.5) is 4.39 Å². The van der Waals surface area contributed by atoms with Gasteiger partial charge in [-0.2, -0.15) is 5.10 Å². The van der Waals surface area contributed by atoms with Crippen LogP contribution in [-0.2, 0) is 0 Å². The Hall–Kier alpha value is -2.80. The van der Waals surface area contributed by atoms with Crippen LogP contribution in [0.2, 0.25) is 0 Å². The molecule has 0 bridgehead atoms. The summed E-state index contributed by atoms with van der Waals surface area (Å²) in [6.45, 7) is 7.60. The molecule has 158 valence electrons. The Bertz CT molecular complexity index is 1340. The van der Waals surface area contributed by atoms with E-state index in [1.807, 2.05) is 42.9 Å². The third-order valence-electron chi connectivity index (χ3n) is 7.37. The van der Waals surface area contributed by atoms with E-state index in [2.05, 4.69) is 15.0 Å². The normalized spacial score (nSPS) is 25.6. The highest BCUT2D eigenvalue weighted by Gasteiger charge is 2.57. The zero-order valence-electron chi connectivity index (χ0n) is 17.8. The van der Waals surface area contributed by atoms with Gasteiger partial charge in [-0.1, -0.05) is 0 Å². The summed E-state index contributed by atoms with van der Waals surface area (Å²) < 4.78 is 18.6. The van der Waals surface area contributed by atoms with E-state index in [1.165, 1.54) is 32.5 Å². The first-order valence-corrected chi connectivity index (χ1v) is 11.3. The van der Waals surface area contributed by atoms with E-state index >= 15 is 4.39 Å². The SMILES string of the molecule is Cc1cn2nc(-c3cc(F)c4nc(C5[C@H]6CN(CC7CC7)C[C@@H]56)cn4c3)cc(C)c2n1. The molecule has 3 fully saturated rings. The van der Waals surface area contributed by atoms with Crippen LogP contribution in [0.15, 0.2) is 30.7 Å². The highest BCUT2D eigenvalue weighted by Crippen LogP contribution is 2.58. The fourth-order valence-electron chi connectivity index (χ4n) is 5.63. The molecule has 3 atom stereocenters. The first-order chi connectivity index (χ1) is 15.0. The number of hydrogen-bond donors (Lipinski definition) is 0. The quantitative estimate of drug-likeness (QED) is 0.507. The predicted octanol–water partition coefficient (Wildman–Crippen LogP) is 3.86. The van der Waals surface area contributed by atoms with Crippen molar-refractivity contribution in [3.8, 4) is 11.3 Å². The maximum absolute atomic E-state index is 15.0. The molecule has 7 rings (SSSR count). The summed E-state index contributed by atoms with van der Waals surface area (Å²) in [5.41, 5.74) is 5.71. The Morgan fingerprint density at radius 3 is 2.58 bits per heavy atom. The summed E-state index contributed by atoms with van der Waals surface area (Å²) in [5.74, 6) is 2.53. The van der Waals surface area contributed by atoms with Gasteiger partial charge in [-0.15, -0.1) is 0 Å². The summed E-state index contributed by atoms with van der Waals surface area (Å²) in [7, 11) is 0. The van der Waals surface area contributed by atoms with Crippen LogP contribution >= 0.6 is 0 Å². The minimum Gasteiger partial charge on any atom is -0.304 e. The van der Waals surface area contributed by atoms with E-state index in [0.717, 1.165) is 39.8 Å². The molecule has 31 heavy (non-hydrogen) atoms. The molecule has 0 N–H and O–H groups in total. The first kappa shape index (κ1) is 17.8. The van der Waals surface area contributed by atoms with E-state index < -0.39 is 0 Å². The van der Waals surface area contributed by atoms with Crippen molar-refractivity contribution < 1.29 is 4.39 Å². The van der Waals surface area contributed by atoms with Crippen molar-refractivity contribution in [2.24, 2.45) is 17.8 Å². The number of rotatable bonds is 4. The van der Waals surface area contributed by atoms with E-state index in [1.54, 1.807) is 10.6 Å². The van der Waals surface area contributed by atoms with E-state index in [4.69, 9.17) is 4.98 Å². The van der Waals surface area contributed by atoms with Gasteiger partial charge in [-0.05, 0) is 62.1 Å². The fraction of sp³-hybridized carbons (Fsp3) is 0.458. The van der Waals surface area contributed by atoms with Crippen LogP contribution in [0.3, 0.4) is 0 Å². The van der Waals surface area contributed by atoms with Crippen LogP contribution < -0.4 is 0 Å². The lowest BCUT2D eigenvalue weighted by molar-refractivity contribution is 0.285. The molecule has 2 saturated carbocycles. The molecule has 4 aromatic rings. The fourth-order valence-corrected chi connectivity index (χ4v) is 5.63. The van der Waals surface area contributed by atoms with Crippen molar-refractivity contribution in [3.05, 3.63) is 53.5 Å². The van der Waals surface area contributed by atoms with Gasteiger partial charge in [0.05, 0.1) is 23.3 Å². The Morgan fingerprint density at radius 2 is 1.81 bits per heavy atom. The van der Waals surface area contributed by atoms with Crippen LogP contribution in [0.25, 0.3) is 22.6 Å². The second-order valence-corrected chi connectivity index (χ2v) is 9.85. The Kier molecular flexibility index (Phi) is 3.53. The maximum Gasteiger partial charge on any atom is 0.173 e. The number of nitrogens with zero attached hydrogens (tertiary/aromatic N) is 6. The van der Waals surface area contributed by atoms with Gasteiger partial charge in [0.15, 0.2) is 17.1 Å². The molecule has 0 spiro atoms. The second kappa shape index (κ2) is 6.13. The lowest BCUT2D eigenvalue weighted by atomic mass is 10.1. The van der Waals surface area contributed by atoms with Gasteiger partial charge in [-0.25, -0.2) is 18.9 Å². The van der Waals surface area contributed by atoms with E-state index in [0.29, 0.717) is 23.4 Å². The summed E-state index contributed by atoms with van der Waals surface area (Å²) >= 11 is 0. The summed E-state index contributed by atoms with van der Waals surface area (Å²) in [4.78, 5) is 11.8. The molecule has 1 aliphatic heterocycles. The van der Waals surface area contributed by atoms with Crippen LogP contribution in [-0.4, -0.2) is 48.5 Å². The summed E-state index contributed by atoms with van der Waals surface area (Å²) in [5, 5.41) is 4.66. The monoisotopic (exact) mass is 416 g/mol. The smallest absolute Gasteiger partial charge is 0.173 e. The van der Waals surface area contributed by atoms with Crippen LogP contribution in [0.1, 0.15) is 35.7 Å². The lowest BCUT2D eigenvalue weighted by Crippen LogP contribution is -2.26. The van der Waals surface area contributed by atoms with Crippen molar-refractivity contribution in [1.82, 2.24) is 28.9 Å². The van der Waals surface area contributed by atoms with Gasteiger partial charge in [0.2, 0.25) is 0 Å². The zero-order valence-corrected chi connectivity index (χ0v) is 17.8. The van der Waals surface area contributed by atoms with Gasteiger partial charge < -0.3 is 9.30 Å². The number of halogens is 1. The average molecular weight is 417 g/mol. The number of aryl methyl sites for hydroxylation is 2. The summed E-state index contributed by atoms with van der Waals surface area (Å²) in [6.07, 6.45) is 8.69. The molecule has 1 unspecified atom stereocenters. The molecule has 4 aromatic heterocycles. The second-order valence-electron chi connectivity index (χ2n) is 9.85. The minimum atomic E-state index is -0.300. The number of piperidine rings is 1. The molecule has 7 heteroatoms. The molecule has 0 amide bonds. The molecule has 6 nitrogen and oxygen atoms in total.